The van der Waals surface area contributed by atoms with Crippen LogP contribution in [0, 0.1) is 23.1 Å². The maximum absolute atomic E-state index is 14.0. The van der Waals surface area contributed by atoms with Gasteiger partial charge in [0.2, 0.25) is 0 Å². The van der Waals surface area contributed by atoms with E-state index in [2.05, 4.69) is 4.36 Å². The van der Waals surface area contributed by atoms with E-state index in [0.717, 1.165) is 19.3 Å². The van der Waals surface area contributed by atoms with Crippen molar-refractivity contribution in [2.75, 3.05) is 6.54 Å². The van der Waals surface area contributed by atoms with E-state index in [1.54, 1.807) is 18.2 Å². The third-order valence-corrected chi connectivity index (χ3v) is 6.23. The van der Waals surface area contributed by atoms with Gasteiger partial charge in [-0.05, 0) is 37.8 Å². The van der Waals surface area contributed by atoms with Gasteiger partial charge in [0.15, 0.2) is 0 Å². The Morgan fingerprint density at radius 1 is 1.50 bits per heavy atom. The maximum atomic E-state index is 14.0. The van der Waals surface area contributed by atoms with Gasteiger partial charge in [0.25, 0.3) is 0 Å². The summed E-state index contributed by atoms with van der Waals surface area (Å²) in [6, 6.07) is 8.54. The van der Waals surface area contributed by atoms with Crippen LogP contribution in [0.3, 0.4) is 0 Å². The molecule has 1 aliphatic rings. The van der Waals surface area contributed by atoms with Crippen LogP contribution in [0.25, 0.3) is 0 Å². The van der Waals surface area contributed by atoms with Gasteiger partial charge in [-0.2, -0.15) is 5.26 Å². The summed E-state index contributed by atoms with van der Waals surface area (Å²) in [6.07, 6.45) is 3.10. The number of hydrogen-bond donors (Lipinski definition) is 1. The molecule has 0 amide bonds. The number of rotatable bonds is 6. The fourth-order valence-corrected chi connectivity index (χ4v) is 3.14. The Balaban J connectivity index is 2.27. The molecule has 1 fully saturated rings. The monoisotopic (exact) mass is 323 g/mol. The van der Waals surface area contributed by atoms with Crippen molar-refractivity contribution in [3.05, 3.63) is 35.6 Å². The summed E-state index contributed by atoms with van der Waals surface area (Å²) >= 11 is 0. The molecule has 2 rings (SSSR count). The van der Waals surface area contributed by atoms with Crippen molar-refractivity contribution >= 4 is 9.92 Å². The minimum Gasteiger partial charge on any atom is -0.244 e. The van der Waals surface area contributed by atoms with Crippen molar-refractivity contribution in [2.45, 2.75) is 43.8 Å². The number of nitrogens with zero attached hydrogens (tertiary/aromatic N) is 2. The van der Waals surface area contributed by atoms with Gasteiger partial charge < -0.3 is 0 Å². The molecule has 4 nitrogen and oxygen atoms in total. The summed E-state index contributed by atoms with van der Waals surface area (Å²) in [5.74, 6) is 0.164. The van der Waals surface area contributed by atoms with Crippen LogP contribution in [0.1, 0.15) is 44.6 Å². The van der Waals surface area contributed by atoms with Crippen molar-refractivity contribution in [1.82, 2.24) is 0 Å². The molecule has 0 spiro atoms. The highest BCUT2D eigenvalue weighted by Crippen LogP contribution is 2.39. The lowest BCUT2D eigenvalue weighted by Gasteiger charge is -2.20. The van der Waals surface area contributed by atoms with Crippen LogP contribution in [0.2, 0.25) is 0 Å². The number of nitriles is 1. The zero-order valence-corrected chi connectivity index (χ0v) is 13.8. The normalized spacial score (nSPS) is 19.0. The molecule has 0 aromatic heterocycles. The highest BCUT2D eigenvalue weighted by molar-refractivity contribution is 7.93. The molecule has 0 radical (unpaired) electrons. The third-order valence-electron chi connectivity index (χ3n) is 4.15. The van der Waals surface area contributed by atoms with Gasteiger partial charge in [-0.25, -0.2) is 18.1 Å². The van der Waals surface area contributed by atoms with Crippen LogP contribution in [0.15, 0.2) is 28.6 Å². The number of halogens is 1. The first-order valence-corrected chi connectivity index (χ1v) is 9.00. The smallest absolute Gasteiger partial charge is 0.148 e. The van der Waals surface area contributed by atoms with E-state index in [1.807, 2.05) is 6.07 Å². The van der Waals surface area contributed by atoms with Crippen molar-refractivity contribution in [3.63, 3.8) is 0 Å². The molecular formula is C16H22FN3OS. The number of nitrogens with two attached hydrogens (primary N) is 1. The Hall–Kier alpha value is -1.45. The summed E-state index contributed by atoms with van der Waals surface area (Å²) in [6.45, 7) is 3.20. The lowest BCUT2D eigenvalue weighted by Crippen LogP contribution is -2.36. The van der Waals surface area contributed by atoms with Crippen molar-refractivity contribution in [1.29, 1.82) is 5.26 Å². The average Bonchev–Trinajstić information content (AvgIpc) is 3.28. The first kappa shape index (κ1) is 16.9. The maximum Gasteiger partial charge on any atom is 0.148 e. The lowest BCUT2D eigenvalue weighted by atomic mass is 9.93. The van der Waals surface area contributed by atoms with Crippen molar-refractivity contribution in [2.24, 2.45) is 15.4 Å². The Bertz CT molecular complexity index is 698. The predicted octanol–water partition coefficient (Wildman–Crippen LogP) is 3.35. The van der Waals surface area contributed by atoms with Crippen LogP contribution in [-0.2, 0) is 9.92 Å². The van der Waals surface area contributed by atoms with Crippen LogP contribution in [0.4, 0.5) is 4.39 Å². The quantitative estimate of drug-likeness (QED) is 0.871. The molecule has 0 heterocycles. The van der Waals surface area contributed by atoms with E-state index in [-0.39, 0.29) is 18.3 Å². The summed E-state index contributed by atoms with van der Waals surface area (Å²) < 4.78 is 29.4. The van der Waals surface area contributed by atoms with Gasteiger partial charge in [-0.3, -0.25) is 0 Å². The minimum atomic E-state index is -3.15. The van der Waals surface area contributed by atoms with Crippen LogP contribution in [-0.4, -0.2) is 15.5 Å². The second kappa shape index (κ2) is 6.35. The predicted molar refractivity (Wildman–Crippen MR) is 85.8 cm³/mol. The van der Waals surface area contributed by atoms with Crippen molar-refractivity contribution < 1.29 is 8.60 Å². The molecule has 1 aromatic carbocycles. The third kappa shape index (κ3) is 3.84. The molecule has 2 unspecified atom stereocenters. The SMILES string of the molecule is CC(C)(C#N)S(N)(=O)=NCC(CC1CC1)c1ccccc1F. The Morgan fingerprint density at radius 3 is 2.68 bits per heavy atom. The number of hydrogen-bond acceptors (Lipinski definition) is 3. The Morgan fingerprint density at radius 2 is 2.14 bits per heavy atom. The first-order valence-electron chi connectivity index (χ1n) is 7.43. The highest BCUT2D eigenvalue weighted by Gasteiger charge is 2.31. The Labute approximate surface area is 131 Å². The molecule has 22 heavy (non-hydrogen) atoms. The fourth-order valence-electron chi connectivity index (χ4n) is 2.29. The highest BCUT2D eigenvalue weighted by atomic mass is 32.2. The zero-order chi connectivity index (χ0) is 16.4. The lowest BCUT2D eigenvalue weighted by molar-refractivity contribution is 0.536. The topological polar surface area (TPSA) is 79.2 Å². The molecular weight excluding hydrogens is 301 g/mol. The van der Waals surface area contributed by atoms with Crippen LogP contribution >= 0.6 is 0 Å². The van der Waals surface area contributed by atoms with Gasteiger partial charge in [0, 0.05) is 5.92 Å². The van der Waals surface area contributed by atoms with Crippen LogP contribution < -0.4 is 5.14 Å². The first-order chi connectivity index (χ1) is 10.3. The fraction of sp³-hybridized carbons (Fsp3) is 0.562. The summed E-state index contributed by atoms with van der Waals surface area (Å²) in [7, 11) is -3.15. The second-order valence-corrected chi connectivity index (χ2v) is 8.82. The van der Waals surface area contributed by atoms with Gasteiger partial charge >= 0.3 is 0 Å². The molecule has 120 valence electrons. The standard InChI is InChI=1S/C16H22FN3OS/c1-16(2,11-18)22(19,21)20-10-13(9-12-7-8-12)14-5-3-4-6-15(14)17/h3-6,12-13H,7-10H2,1-2H3,(H2,19,20,21). The molecule has 1 saturated carbocycles. The van der Waals surface area contributed by atoms with E-state index < -0.39 is 14.7 Å². The summed E-state index contributed by atoms with van der Waals surface area (Å²) in [4.78, 5) is 0. The molecule has 0 bridgehead atoms. The van der Waals surface area contributed by atoms with Gasteiger partial charge in [0.1, 0.15) is 20.5 Å². The minimum absolute atomic E-state index is 0.146. The zero-order valence-electron chi connectivity index (χ0n) is 13.0. The van der Waals surface area contributed by atoms with E-state index in [0.29, 0.717) is 11.5 Å². The number of benzene rings is 1. The molecule has 0 aliphatic heterocycles. The second-order valence-electron chi connectivity index (χ2n) is 6.40. The van der Waals surface area contributed by atoms with Gasteiger partial charge in [-0.15, -0.1) is 0 Å². The van der Waals surface area contributed by atoms with E-state index in [4.69, 9.17) is 10.4 Å². The molecule has 1 aromatic rings. The largest absolute Gasteiger partial charge is 0.244 e. The molecule has 1 aliphatic carbocycles. The van der Waals surface area contributed by atoms with Gasteiger partial charge in [-0.1, -0.05) is 31.0 Å². The van der Waals surface area contributed by atoms with E-state index in [9.17, 15) is 8.60 Å². The molecule has 0 saturated heterocycles. The summed E-state index contributed by atoms with van der Waals surface area (Å²) in [5, 5.41) is 14.8. The van der Waals surface area contributed by atoms with E-state index >= 15 is 0 Å². The van der Waals surface area contributed by atoms with Crippen molar-refractivity contribution in [3.8, 4) is 6.07 Å². The molecule has 2 atom stereocenters. The van der Waals surface area contributed by atoms with Crippen LogP contribution in [0.5, 0.6) is 0 Å². The van der Waals surface area contributed by atoms with E-state index in [1.165, 1.54) is 19.9 Å². The average molecular weight is 323 g/mol. The summed E-state index contributed by atoms with van der Waals surface area (Å²) in [5.41, 5.74) is 0.586. The molecule has 6 heteroatoms. The Kier molecular flexibility index (Phi) is 4.88. The van der Waals surface area contributed by atoms with Gasteiger partial charge in [0.05, 0.1) is 12.6 Å². The molecule has 2 N–H and O–H groups in total.